The molecule has 2 aliphatic heterocycles. The number of quaternary nitrogens is 2. The first-order chi connectivity index (χ1) is 14.3. The van der Waals surface area contributed by atoms with E-state index in [0.29, 0.717) is 12.1 Å². The molecule has 0 aliphatic carbocycles. The standard InChI is InChI=1S/C10H20N2.C9H18N2.2CHF3/c1-5-6-7-12-10(3)8-9(2)11(12)4;1-5-6-11-9(3)7-8(2)10(11)4;2*2-1(3)4/h8,10H,5-7H2,1-4H3;7,9H,5-6H2,1-4H3;2*1H/p+2. The first-order valence-electron chi connectivity index (χ1n) is 10.7. The molecule has 0 fully saturated rings. The molecule has 0 aromatic carbocycles. The maximum absolute atomic E-state index is 9.67. The van der Waals surface area contributed by atoms with E-state index in [0.717, 1.165) is 0 Å². The maximum atomic E-state index is 9.67. The normalized spacial score (nSPS) is 24.6. The summed E-state index contributed by atoms with van der Waals surface area (Å²) in [7, 11) is 4.35. The fourth-order valence-corrected chi connectivity index (χ4v) is 3.61. The van der Waals surface area contributed by atoms with Gasteiger partial charge in [-0.25, -0.2) is 20.0 Å². The lowest BCUT2D eigenvalue weighted by Crippen LogP contribution is -3.18. The van der Waals surface area contributed by atoms with Gasteiger partial charge in [-0.05, 0) is 52.7 Å². The van der Waals surface area contributed by atoms with Crippen LogP contribution in [0.5, 0.6) is 0 Å². The maximum Gasteiger partial charge on any atom is 0.379 e. The molecule has 4 atom stereocenters. The summed E-state index contributed by atoms with van der Waals surface area (Å²) in [6, 6.07) is 1.33. The van der Waals surface area contributed by atoms with Crippen LogP contribution >= 0.6 is 0 Å². The number of unbranched alkanes of at least 4 members (excludes halogenated alkanes) is 1. The van der Waals surface area contributed by atoms with Gasteiger partial charge in [0, 0.05) is 0 Å². The quantitative estimate of drug-likeness (QED) is 0.605. The van der Waals surface area contributed by atoms with Crippen LogP contribution in [0.15, 0.2) is 23.5 Å². The highest BCUT2D eigenvalue weighted by Gasteiger charge is 2.28. The third-order valence-electron chi connectivity index (χ3n) is 5.25. The highest BCUT2D eigenvalue weighted by atomic mass is 19.4. The van der Waals surface area contributed by atoms with E-state index in [9.17, 15) is 26.3 Å². The summed E-state index contributed by atoms with van der Waals surface area (Å²) in [4.78, 5) is 0. The third kappa shape index (κ3) is 14.3. The Balaban J connectivity index is 0. The van der Waals surface area contributed by atoms with Crippen molar-refractivity contribution in [2.75, 3.05) is 27.2 Å². The minimum absolute atomic E-state index is 0.667. The van der Waals surface area contributed by atoms with Crippen molar-refractivity contribution in [1.29, 1.82) is 0 Å². The fourth-order valence-electron chi connectivity index (χ4n) is 3.61. The van der Waals surface area contributed by atoms with Gasteiger partial charge in [-0.15, -0.1) is 0 Å². The Morgan fingerprint density at radius 2 is 1.06 bits per heavy atom. The second kappa shape index (κ2) is 17.2. The first kappa shape index (κ1) is 31.8. The molecule has 0 bridgehead atoms. The average Bonchev–Trinajstić information content (AvgIpc) is 3.02. The van der Waals surface area contributed by atoms with Gasteiger partial charge in [-0.2, -0.15) is 26.3 Å². The minimum atomic E-state index is -3.67. The van der Waals surface area contributed by atoms with Crippen LogP contribution in [0, 0.1) is 0 Å². The Kier molecular flexibility index (Phi) is 17.6. The molecule has 31 heavy (non-hydrogen) atoms. The van der Waals surface area contributed by atoms with Gasteiger partial charge in [0.1, 0.15) is 12.1 Å². The van der Waals surface area contributed by atoms with Crippen molar-refractivity contribution < 1.29 is 36.4 Å². The van der Waals surface area contributed by atoms with Crippen molar-refractivity contribution in [3.8, 4) is 0 Å². The Hall–Kier alpha value is -1.42. The average molecular weight is 465 g/mol. The smallest absolute Gasteiger partial charge is 0.233 e. The van der Waals surface area contributed by atoms with Crippen molar-refractivity contribution in [2.45, 2.75) is 86.2 Å². The second-order valence-corrected chi connectivity index (χ2v) is 7.64. The van der Waals surface area contributed by atoms with Crippen LogP contribution in [0.2, 0.25) is 0 Å². The lowest BCUT2D eigenvalue weighted by atomic mass is 10.3. The largest absolute Gasteiger partial charge is 0.379 e. The number of nitrogens with one attached hydrogen (secondary N) is 2. The molecule has 4 unspecified atom stereocenters. The Morgan fingerprint density at radius 1 is 0.742 bits per heavy atom. The van der Waals surface area contributed by atoms with Crippen LogP contribution in [0.25, 0.3) is 0 Å². The van der Waals surface area contributed by atoms with E-state index in [-0.39, 0.29) is 0 Å². The lowest BCUT2D eigenvalue weighted by molar-refractivity contribution is -1.01. The van der Waals surface area contributed by atoms with Crippen molar-refractivity contribution >= 4 is 0 Å². The molecule has 10 heteroatoms. The lowest BCUT2D eigenvalue weighted by Gasteiger charge is -2.26. The number of hydrogen-bond donors (Lipinski definition) is 2. The van der Waals surface area contributed by atoms with Crippen LogP contribution < -0.4 is 10.0 Å². The van der Waals surface area contributed by atoms with E-state index in [2.05, 4.69) is 77.8 Å². The van der Waals surface area contributed by atoms with Crippen LogP contribution in [0.3, 0.4) is 0 Å². The van der Waals surface area contributed by atoms with Gasteiger partial charge >= 0.3 is 13.4 Å². The van der Waals surface area contributed by atoms with Gasteiger partial charge in [-0.1, -0.05) is 20.3 Å². The minimum Gasteiger partial charge on any atom is -0.233 e. The van der Waals surface area contributed by atoms with Gasteiger partial charge < -0.3 is 0 Å². The van der Waals surface area contributed by atoms with Gasteiger partial charge in [0.2, 0.25) is 0 Å². The van der Waals surface area contributed by atoms with E-state index >= 15 is 0 Å². The van der Waals surface area contributed by atoms with Gasteiger partial charge in [0.25, 0.3) is 0 Å². The summed E-state index contributed by atoms with van der Waals surface area (Å²) >= 11 is 0. The Labute approximate surface area is 184 Å². The summed E-state index contributed by atoms with van der Waals surface area (Å²) in [6.07, 6.45) is 8.56. The molecular formula is C21H42F6N4+2. The second-order valence-electron chi connectivity index (χ2n) is 7.64. The molecule has 2 N–H and O–H groups in total. The van der Waals surface area contributed by atoms with E-state index in [1.165, 1.54) is 43.7 Å². The SMILES string of the molecule is CCCC[NH+]1C(C)C=C(C)N1C.CCC[NH+]1C(C)C=C(C)N1C.FC(F)F.FC(F)F. The van der Waals surface area contributed by atoms with E-state index in [4.69, 9.17) is 0 Å². The predicted octanol–water partition coefficient (Wildman–Crippen LogP) is 3.62. The monoisotopic (exact) mass is 464 g/mol. The first-order valence-corrected chi connectivity index (χ1v) is 10.7. The van der Waals surface area contributed by atoms with Crippen LogP contribution in [0.1, 0.15) is 60.8 Å². The topological polar surface area (TPSA) is 15.4 Å². The zero-order chi connectivity index (χ0) is 24.7. The molecular weight excluding hydrogens is 422 g/mol. The number of rotatable bonds is 5. The van der Waals surface area contributed by atoms with Gasteiger partial charge in [0.05, 0.1) is 38.6 Å². The number of hydrogen-bond acceptors (Lipinski definition) is 2. The van der Waals surface area contributed by atoms with Gasteiger partial charge in [-0.3, -0.25) is 0 Å². The zero-order valence-electron chi connectivity index (χ0n) is 20.2. The molecule has 0 radical (unpaired) electrons. The molecule has 0 amide bonds. The highest BCUT2D eigenvalue weighted by Crippen LogP contribution is 2.03. The number of halogens is 6. The van der Waals surface area contributed by atoms with Gasteiger partial charge in [0.15, 0.2) is 0 Å². The van der Waals surface area contributed by atoms with Crippen molar-refractivity contribution in [3.05, 3.63) is 23.5 Å². The molecule has 4 nitrogen and oxygen atoms in total. The molecule has 0 saturated heterocycles. The third-order valence-corrected chi connectivity index (χ3v) is 5.25. The summed E-state index contributed by atoms with van der Waals surface area (Å²) in [6.45, 7) is 8.60. The number of allylic oxidation sites excluding steroid dienone is 2. The van der Waals surface area contributed by atoms with Crippen LogP contribution in [-0.4, -0.2) is 62.6 Å². The summed E-state index contributed by atoms with van der Waals surface area (Å²) in [5, 5.41) is 7.84. The van der Waals surface area contributed by atoms with Crippen LogP contribution in [0.4, 0.5) is 26.3 Å². The van der Waals surface area contributed by atoms with E-state index in [1.54, 1.807) is 10.0 Å². The van der Waals surface area contributed by atoms with Crippen molar-refractivity contribution in [3.63, 3.8) is 0 Å². The van der Waals surface area contributed by atoms with Crippen molar-refractivity contribution in [1.82, 2.24) is 10.0 Å². The molecule has 0 aromatic rings. The summed E-state index contributed by atoms with van der Waals surface area (Å²) in [5.41, 5.74) is 2.81. The summed E-state index contributed by atoms with van der Waals surface area (Å²) in [5.74, 6) is 0. The number of nitrogens with zero attached hydrogens (tertiary/aromatic N) is 2. The van der Waals surface area contributed by atoms with E-state index < -0.39 is 13.4 Å². The molecule has 0 spiro atoms. The highest BCUT2D eigenvalue weighted by molar-refractivity contribution is 5.01. The fraction of sp³-hybridized carbons (Fsp3) is 0.810. The van der Waals surface area contributed by atoms with Crippen molar-refractivity contribution in [2.24, 2.45) is 0 Å². The molecule has 2 heterocycles. The summed E-state index contributed by atoms with van der Waals surface area (Å²) < 4.78 is 58.0. The molecule has 0 saturated carbocycles. The Bertz CT molecular complexity index is 505. The predicted molar refractivity (Wildman–Crippen MR) is 113 cm³/mol. The molecule has 186 valence electrons. The Morgan fingerprint density at radius 3 is 1.29 bits per heavy atom. The molecule has 2 aliphatic rings. The molecule has 0 aromatic heterocycles. The zero-order valence-corrected chi connectivity index (χ0v) is 20.2. The molecule has 2 rings (SSSR count). The number of alkyl halides is 6. The van der Waals surface area contributed by atoms with Crippen LogP contribution in [-0.2, 0) is 0 Å². The van der Waals surface area contributed by atoms with E-state index in [1.807, 2.05) is 0 Å².